The minimum absolute atomic E-state index is 0.127. The van der Waals surface area contributed by atoms with Crippen molar-refractivity contribution in [1.29, 1.82) is 0 Å². The number of hydrogen-bond donors (Lipinski definition) is 0. The number of ether oxygens (including phenoxy) is 1. The van der Waals surface area contributed by atoms with Gasteiger partial charge in [-0.25, -0.2) is 0 Å². The molecule has 0 amide bonds. The molecule has 0 saturated heterocycles. The molecule has 1 rings (SSSR count). The maximum absolute atomic E-state index is 12.1. The Balaban J connectivity index is 2.51. The van der Waals surface area contributed by atoms with E-state index in [4.69, 9.17) is 9.57 Å². The lowest BCUT2D eigenvalue weighted by molar-refractivity contribution is -0.184. The second kappa shape index (κ2) is 6.97. The van der Waals surface area contributed by atoms with Crippen molar-refractivity contribution in [3.63, 3.8) is 0 Å². The number of hydrogen-bond acceptors (Lipinski definition) is 4. The largest absolute Gasteiger partial charge is 0.461 e. The van der Waals surface area contributed by atoms with Gasteiger partial charge in [0, 0.05) is 7.05 Å². The van der Waals surface area contributed by atoms with Crippen molar-refractivity contribution in [2.24, 2.45) is 5.92 Å². The third-order valence-corrected chi connectivity index (χ3v) is 3.28. The number of esters is 1. The molecule has 100 valence electrons. The molecule has 17 heavy (non-hydrogen) atoms. The average Bonchev–Trinajstić information content (AvgIpc) is 2.77. The van der Waals surface area contributed by atoms with Crippen LogP contribution in [0.3, 0.4) is 0 Å². The van der Waals surface area contributed by atoms with Gasteiger partial charge in [-0.05, 0) is 38.0 Å². The van der Waals surface area contributed by atoms with Crippen molar-refractivity contribution in [2.75, 3.05) is 14.2 Å². The summed E-state index contributed by atoms with van der Waals surface area (Å²) >= 11 is 0. The van der Waals surface area contributed by atoms with Gasteiger partial charge in [0.05, 0.1) is 7.11 Å². The second-order valence-corrected chi connectivity index (χ2v) is 5.22. The Bertz CT molecular complexity index is 237. The van der Waals surface area contributed by atoms with Gasteiger partial charge in [0.2, 0.25) is 0 Å². The van der Waals surface area contributed by atoms with Crippen molar-refractivity contribution < 1.29 is 14.4 Å². The first-order valence-corrected chi connectivity index (χ1v) is 6.52. The monoisotopic (exact) mass is 243 g/mol. The first kappa shape index (κ1) is 14.5. The minimum atomic E-state index is -0.291. The lowest BCUT2D eigenvalue weighted by Gasteiger charge is -2.26. The lowest BCUT2D eigenvalue weighted by Crippen LogP contribution is -2.41. The van der Waals surface area contributed by atoms with Crippen LogP contribution in [0.15, 0.2) is 0 Å². The minimum Gasteiger partial charge on any atom is -0.461 e. The van der Waals surface area contributed by atoms with E-state index in [9.17, 15) is 4.79 Å². The van der Waals surface area contributed by atoms with Crippen LogP contribution >= 0.6 is 0 Å². The summed E-state index contributed by atoms with van der Waals surface area (Å²) in [6.07, 6.45) is 5.26. The van der Waals surface area contributed by atoms with E-state index in [0.717, 1.165) is 19.3 Å². The highest BCUT2D eigenvalue weighted by molar-refractivity contribution is 5.75. The lowest BCUT2D eigenvalue weighted by atomic mass is 10.0. The first-order chi connectivity index (χ1) is 8.04. The van der Waals surface area contributed by atoms with Gasteiger partial charge in [-0.3, -0.25) is 4.79 Å². The van der Waals surface area contributed by atoms with E-state index in [-0.39, 0.29) is 18.1 Å². The van der Waals surface area contributed by atoms with E-state index in [1.807, 2.05) is 0 Å². The summed E-state index contributed by atoms with van der Waals surface area (Å²) in [5.41, 5.74) is 0. The number of nitrogens with zero attached hydrogens (tertiary/aromatic N) is 1. The van der Waals surface area contributed by atoms with Crippen molar-refractivity contribution in [2.45, 2.75) is 58.1 Å². The Kier molecular flexibility index (Phi) is 5.92. The summed E-state index contributed by atoms with van der Waals surface area (Å²) in [5.74, 6) is 0.295. The van der Waals surface area contributed by atoms with E-state index >= 15 is 0 Å². The third kappa shape index (κ3) is 4.64. The quantitative estimate of drug-likeness (QED) is 0.530. The fourth-order valence-corrected chi connectivity index (χ4v) is 2.22. The van der Waals surface area contributed by atoms with Crippen LogP contribution in [0.4, 0.5) is 0 Å². The summed E-state index contributed by atoms with van der Waals surface area (Å²) in [6.45, 7) is 4.19. The van der Waals surface area contributed by atoms with Gasteiger partial charge >= 0.3 is 5.97 Å². The highest BCUT2D eigenvalue weighted by atomic mass is 16.7. The molecule has 4 heteroatoms. The van der Waals surface area contributed by atoms with Crippen LogP contribution in [-0.2, 0) is 14.4 Å². The van der Waals surface area contributed by atoms with Crippen LogP contribution in [0, 0.1) is 5.92 Å². The highest BCUT2D eigenvalue weighted by Gasteiger charge is 2.29. The van der Waals surface area contributed by atoms with Crippen molar-refractivity contribution >= 4 is 5.97 Å². The van der Waals surface area contributed by atoms with Crippen LogP contribution < -0.4 is 0 Å². The van der Waals surface area contributed by atoms with Crippen LogP contribution in [-0.4, -0.2) is 37.3 Å². The number of rotatable bonds is 6. The van der Waals surface area contributed by atoms with E-state index in [1.165, 1.54) is 12.8 Å². The SMILES string of the molecule is CON(C)[C@@H](CC(C)C)C(=O)OC1CCCC1. The van der Waals surface area contributed by atoms with Crippen LogP contribution in [0.1, 0.15) is 46.0 Å². The molecule has 1 atom stereocenters. The molecule has 1 fully saturated rings. The molecule has 4 nitrogen and oxygen atoms in total. The zero-order chi connectivity index (χ0) is 12.8. The molecule has 0 bridgehead atoms. The molecule has 0 heterocycles. The van der Waals surface area contributed by atoms with Gasteiger partial charge in [-0.2, -0.15) is 5.06 Å². The molecular formula is C13H25NO3. The van der Waals surface area contributed by atoms with Gasteiger partial charge < -0.3 is 9.57 Å². The number of carbonyl (C=O) groups is 1. The molecule has 1 aliphatic carbocycles. The zero-order valence-corrected chi connectivity index (χ0v) is 11.4. The van der Waals surface area contributed by atoms with Crippen LogP contribution in [0.25, 0.3) is 0 Å². The third-order valence-electron chi connectivity index (χ3n) is 3.28. The fraction of sp³-hybridized carbons (Fsp3) is 0.923. The Labute approximate surface area is 104 Å². The second-order valence-electron chi connectivity index (χ2n) is 5.22. The van der Waals surface area contributed by atoms with Crippen molar-refractivity contribution in [3.8, 4) is 0 Å². The van der Waals surface area contributed by atoms with Gasteiger partial charge in [-0.15, -0.1) is 0 Å². The van der Waals surface area contributed by atoms with Crippen molar-refractivity contribution in [1.82, 2.24) is 5.06 Å². The summed E-state index contributed by atoms with van der Waals surface area (Å²) < 4.78 is 5.54. The highest BCUT2D eigenvalue weighted by Crippen LogP contribution is 2.22. The Morgan fingerprint density at radius 1 is 1.35 bits per heavy atom. The predicted molar refractivity (Wildman–Crippen MR) is 66.4 cm³/mol. The topological polar surface area (TPSA) is 38.8 Å². The predicted octanol–water partition coefficient (Wildman–Crippen LogP) is 2.38. The summed E-state index contributed by atoms with van der Waals surface area (Å²) in [7, 11) is 3.36. The molecule has 1 saturated carbocycles. The standard InChI is InChI=1S/C13H25NO3/c1-10(2)9-12(14(3)16-4)13(15)17-11-7-5-6-8-11/h10-12H,5-9H2,1-4H3/t12-/m0/s1. The first-order valence-electron chi connectivity index (χ1n) is 6.52. The van der Waals surface area contributed by atoms with Gasteiger partial charge in [-0.1, -0.05) is 13.8 Å². The summed E-state index contributed by atoms with van der Waals surface area (Å²) in [6, 6.07) is -0.291. The summed E-state index contributed by atoms with van der Waals surface area (Å²) in [5, 5.41) is 1.59. The Hall–Kier alpha value is -0.610. The number of hydroxylamine groups is 2. The van der Waals surface area contributed by atoms with E-state index in [0.29, 0.717) is 5.92 Å². The molecule has 0 aliphatic heterocycles. The van der Waals surface area contributed by atoms with Crippen LogP contribution in [0.5, 0.6) is 0 Å². The molecule has 1 aliphatic rings. The van der Waals surface area contributed by atoms with Gasteiger partial charge in [0.1, 0.15) is 12.1 Å². The average molecular weight is 243 g/mol. The van der Waals surface area contributed by atoms with Crippen molar-refractivity contribution in [3.05, 3.63) is 0 Å². The smallest absolute Gasteiger partial charge is 0.326 e. The molecule has 0 unspecified atom stereocenters. The Morgan fingerprint density at radius 3 is 2.41 bits per heavy atom. The normalized spacial score (nSPS) is 18.9. The van der Waals surface area contributed by atoms with Crippen LogP contribution in [0.2, 0.25) is 0 Å². The van der Waals surface area contributed by atoms with E-state index in [2.05, 4.69) is 13.8 Å². The zero-order valence-electron chi connectivity index (χ0n) is 11.4. The molecule has 0 spiro atoms. The Morgan fingerprint density at radius 2 is 1.94 bits per heavy atom. The molecule has 0 aromatic heterocycles. The summed E-state index contributed by atoms with van der Waals surface area (Å²) in [4.78, 5) is 17.2. The van der Waals surface area contributed by atoms with E-state index < -0.39 is 0 Å². The van der Waals surface area contributed by atoms with Gasteiger partial charge in [0.15, 0.2) is 0 Å². The maximum Gasteiger partial charge on any atom is 0.326 e. The molecule has 0 radical (unpaired) electrons. The van der Waals surface area contributed by atoms with E-state index in [1.54, 1.807) is 19.2 Å². The van der Waals surface area contributed by atoms with Gasteiger partial charge in [0.25, 0.3) is 0 Å². The number of carbonyl (C=O) groups excluding carboxylic acids is 1. The maximum atomic E-state index is 12.1. The molecule has 0 aromatic rings. The number of likely N-dealkylation sites (N-methyl/N-ethyl adjacent to an activating group) is 1. The molecular weight excluding hydrogens is 218 g/mol. The molecule has 0 aromatic carbocycles. The molecule has 0 N–H and O–H groups in total. The fourth-order valence-electron chi connectivity index (χ4n) is 2.22.